The van der Waals surface area contributed by atoms with Crippen LogP contribution in [0.3, 0.4) is 0 Å². The lowest BCUT2D eigenvalue weighted by atomic mass is 10.2. The van der Waals surface area contributed by atoms with Crippen LogP contribution >= 0.6 is 0 Å². The minimum absolute atomic E-state index is 0.0400. The third-order valence-corrected chi connectivity index (χ3v) is 2.68. The third kappa shape index (κ3) is 3.10. The fourth-order valence-corrected chi connectivity index (χ4v) is 1.55. The number of amides is 1. The molecular formula is C12H8F4N4O2. The maximum Gasteiger partial charge on any atom is 0.451 e. The predicted molar refractivity (Wildman–Crippen MR) is 66.7 cm³/mol. The van der Waals surface area contributed by atoms with Crippen LogP contribution in [0.15, 0.2) is 24.7 Å². The molecule has 6 nitrogen and oxygen atoms in total. The fraction of sp³-hybridized carbons (Fsp3) is 0.167. The van der Waals surface area contributed by atoms with Gasteiger partial charge >= 0.3 is 12.3 Å². The van der Waals surface area contributed by atoms with E-state index < -0.39 is 23.9 Å². The number of carbonyl (C=O) groups is 1. The Bertz CT molecular complexity index is 703. The zero-order chi connectivity index (χ0) is 16.5. The zero-order valence-corrected chi connectivity index (χ0v) is 11.0. The molecule has 2 aromatic rings. The van der Waals surface area contributed by atoms with Crippen molar-refractivity contribution in [3.63, 3.8) is 0 Å². The number of rotatable bonds is 2. The minimum atomic E-state index is -4.68. The molecule has 2 rings (SSSR count). The van der Waals surface area contributed by atoms with Crippen molar-refractivity contribution in [2.75, 3.05) is 11.9 Å². The molecule has 10 heteroatoms. The molecule has 0 radical (unpaired) electrons. The van der Waals surface area contributed by atoms with E-state index in [0.717, 1.165) is 31.7 Å². The number of hydrogen-bond donors (Lipinski definition) is 1. The van der Waals surface area contributed by atoms with Gasteiger partial charge in [0.2, 0.25) is 5.82 Å². The minimum Gasteiger partial charge on any atom is -0.465 e. The summed E-state index contributed by atoms with van der Waals surface area (Å²) in [7, 11) is 1.12. The summed E-state index contributed by atoms with van der Waals surface area (Å²) in [4.78, 5) is 21.5. The van der Waals surface area contributed by atoms with Crippen molar-refractivity contribution in [2.24, 2.45) is 0 Å². The number of hydrogen-bond acceptors (Lipinski definition) is 4. The highest BCUT2D eigenvalue weighted by Crippen LogP contribution is 2.28. The van der Waals surface area contributed by atoms with E-state index in [4.69, 9.17) is 5.11 Å². The molecule has 0 aromatic carbocycles. The average Bonchev–Trinajstić information content (AvgIpc) is 2.46. The summed E-state index contributed by atoms with van der Waals surface area (Å²) in [6.45, 7) is 0. The number of anilines is 1. The van der Waals surface area contributed by atoms with Gasteiger partial charge in [0, 0.05) is 25.0 Å². The summed E-state index contributed by atoms with van der Waals surface area (Å²) in [5.74, 6) is -2.21. The van der Waals surface area contributed by atoms with Gasteiger partial charge in [0.25, 0.3) is 0 Å². The number of halogens is 4. The molecule has 0 spiro atoms. The molecule has 0 saturated heterocycles. The summed E-state index contributed by atoms with van der Waals surface area (Å²) < 4.78 is 50.7. The first-order chi connectivity index (χ1) is 10.2. The molecule has 0 atom stereocenters. The van der Waals surface area contributed by atoms with Crippen LogP contribution in [-0.4, -0.2) is 33.2 Å². The van der Waals surface area contributed by atoms with Crippen LogP contribution in [0.25, 0.3) is 11.3 Å². The van der Waals surface area contributed by atoms with Gasteiger partial charge in [-0.1, -0.05) is 0 Å². The number of aromatic nitrogens is 3. The van der Waals surface area contributed by atoms with Gasteiger partial charge in [-0.25, -0.2) is 19.2 Å². The smallest absolute Gasteiger partial charge is 0.451 e. The van der Waals surface area contributed by atoms with Crippen molar-refractivity contribution in [3.8, 4) is 11.3 Å². The van der Waals surface area contributed by atoms with Crippen LogP contribution < -0.4 is 4.90 Å². The molecule has 0 aliphatic carbocycles. The number of nitrogens with zero attached hydrogens (tertiary/aromatic N) is 4. The largest absolute Gasteiger partial charge is 0.465 e. The Morgan fingerprint density at radius 2 is 1.77 bits per heavy atom. The molecule has 22 heavy (non-hydrogen) atoms. The monoisotopic (exact) mass is 316 g/mol. The second-order valence-corrected chi connectivity index (χ2v) is 4.16. The molecule has 0 fully saturated rings. The summed E-state index contributed by atoms with van der Waals surface area (Å²) >= 11 is 0. The van der Waals surface area contributed by atoms with Crippen LogP contribution in [0, 0.1) is 5.82 Å². The number of pyridine rings is 1. The van der Waals surface area contributed by atoms with Gasteiger partial charge < -0.3 is 5.11 Å². The SMILES string of the molecule is CN(C(=O)O)c1cc(-c2cnc(C(F)(F)F)nc2)ncc1F. The zero-order valence-electron chi connectivity index (χ0n) is 11.0. The van der Waals surface area contributed by atoms with E-state index in [0.29, 0.717) is 4.90 Å². The Morgan fingerprint density at radius 1 is 1.18 bits per heavy atom. The fourth-order valence-electron chi connectivity index (χ4n) is 1.55. The summed E-state index contributed by atoms with van der Waals surface area (Å²) in [6.07, 6.45) is -3.56. The predicted octanol–water partition coefficient (Wildman–Crippen LogP) is 2.81. The highest BCUT2D eigenvalue weighted by Gasteiger charge is 2.34. The molecule has 116 valence electrons. The molecule has 0 unspecified atom stereocenters. The van der Waals surface area contributed by atoms with Crippen molar-refractivity contribution in [2.45, 2.75) is 6.18 Å². The van der Waals surface area contributed by atoms with Crippen molar-refractivity contribution in [1.82, 2.24) is 15.0 Å². The van der Waals surface area contributed by atoms with Gasteiger partial charge in [-0.15, -0.1) is 0 Å². The van der Waals surface area contributed by atoms with E-state index in [1.54, 1.807) is 0 Å². The van der Waals surface area contributed by atoms with E-state index in [-0.39, 0.29) is 16.9 Å². The molecule has 0 aliphatic rings. The number of carboxylic acid groups (broad SMARTS) is 1. The van der Waals surface area contributed by atoms with E-state index >= 15 is 0 Å². The summed E-state index contributed by atoms with van der Waals surface area (Å²) in [5, 5.41) is 8.84. The standard InChI is InChI=1S/C12H8F4N4O2/c1-20(11(21)22)9-2-8(17-5-7(9)13)6-3-18-10(19-4-6)12(14,15)16/h2-5H,1H3,(H,21,22). The molecule has 0 saturated carbocycles. The summed E-state index contributed by atoms with van der Waals surface area (Å²) in [5.41, 5.74) is -0.163. The van der Waals surface area contributed by atoms with Gasteiger partial charge in [0.05, 0.1) is 17.6 Å². The quantitative estimate of drug-likeness (QED) is 0.862. The Morgan fingerprint density at radius 3 is 2.27 bits per heavy atom. The van der Waals surface area contributed by atoms with E-state index in [1.165, 1.54) is 0 Å². The van der Waals surface area contributed by atoms with Gasteiger partial charge in [-0.05, 0) is 6.07 Å². The van der Waals surface area contributed by atoms with Gasteiger partial charge in [-0.3, -0.25) is 9.88 Å². The molecule has 2 aromatic heterocycles. The topological polar surface area (TPSA) is 79.2 Å². The Kier molecular flexibility index (Phi) is 3.93. The first-order valence-corrected chi connectivity index (χ1v) is 5.72. The highest BCUT2D eigenvalue weighted by molar-refractivity contribution is 5.86. The molecular weight excluding hydrogens is 308 g/mol. The average molecular weight is 316 g/mol. The lowest BCUT2D eigenvalue weighted by Gasteiger charge is -2.14. The van der Waals surface area contributed by atoms with Gasteiger partial charge in [-0.2, -0.15) is 13.2 Å². The van der Waals surface area contributed by atoms with E-state index in [2.05, 4.69) is 15.0 Å². The van der Waals surface area contributed by atoms with Crippen molar-refractivity contribution in [3.05, 3.63) is 36.3 Å². The normalized spacial score (nSPS) is 11.3. The second kappa shape index (κ2) is 5.54. The number of alkyl halides is 3. The Labute approximate surface area is 121 Å². The van der Waals surface area contributed by atoms with Crippen LogP contribution in [0.5, 0.6) is 0 Å². The van der Waals surface area contributed by atoms with Crippen LogP contribution in [0.1, 0.15) is 5.82 Å². The van der Waals surface area contributed by atoms with Crippen LogP contribution in [0.2, 0.25) is 0 Å². The highest BCUT2D eigenvalue weighted by atomic mass is 19.4. The molecule has 2 heterocycles. The second-order valence-electron chi connectivity index (χ2n) is 4.16. The lowest BCUT2D eigenvalue weighted by molar-refractivity contribution is -0.144. The van der Waals surface area contributed by atoms with Crippen molar-refractivity contribution in [1.29, 1.82) is 0 Å². The van der Waals surface area contributed by atoms with E-state index in [9.17, 15) is 22.4 Å². The third-order valence-electron chi connectivity index (χ3n) is 2.68. The van der Waals surface area contributed by atoms with Gasteiger partial charge in [0.1, 0.15) is 0 Å². The first kappa shape index (κ1) is 15.6. The Hall–Kier alpha value is -2.78. The molecule has 1 amide bonds. The van der Waals surface area contributed by atoms with Crippen LogP contribution in [-0.2, 0) is 6.18 Å². The Balaban J connectivity index is 2.41. The maximum atomic E-state index is 13.6. The summed E-state index contributed by atoms with van der Waals surface area (Å²) in [6, 6.07) is 1.08. The van der Waals surface area contributed by atoms with E-state index in [1.807, 2.05) is 0 Å². The first-order valence-electron chi connectivity index (χ1n) is 5.72. The van der Waals surface area contributed by atoms with Crippen molar-refractivity contribution >= 4 is 11.8 Å². The maximum absolute atomic E-state index is 13.6. The molecule has 0 aliphatic heterocycles. The van der Waals surface area contributed by atoms with Crippen LogP contribution in [0.4, 0.5) is 28.0 Å². The van der Waals surface area contributed by atoms with Gasteiger partial charge in [0.15, 0.2) is 5.82 Å². The molecule has 1 N–H and O–H groups in total. The lowest BCUT2D eigenvalue weighted by Crippen LogP contribution is -2.25. The molecule has 0 bridgehead atoms. The van der Waals surface area contributed by atoms with Crippen molar-refractivity contribution < 1.29 is 27.5 Å².